The van der Waals surface area contributed by atoms with Gasteiger partial charge in [-0.25, -0.2) is 0 Å². The summed E-state index contributed by atoms with van der Waals surface area (Å²) >= 11 is 0. The zero-order valence-electron chi connectivity index (χ0n) is 13.5. The predicted octanol–water partition coefficient (Wildman–Crippen LogP) is 3.60. The summed E-state index contributed by atoms with van der Waals surface area (Å²) in [5, 5.41) is 19.1. The highest BCUT2D eigenvalue weighted by Crippen LogP contribution is 2.31. The van der Waals surface area contributed by atoms with E-state index in [1.54, 1.807) is 24.3 Å². The summed E-state index contributed by atoms with van der Waals surface area (Å²) in [7, 11) is 0. The van der Waals surface area contributed by atoms with Crippen LogP contribution in [0.15, 0.2) is 78.9 Å². The molecule has 0 spiro atoms. The molecule has 0 unspecified atom stereocenters. The van der Waals surface area contributed by atoms with Gasteiger partial charge in [-0.2, -0.15) is 0 Å². The Hall–Kier alpha value is -3.11. The molecule has 0 aliphatic carbocycles. The Labute approximate surface area is 146 Å². The van der Waals surface area contributed by atoms with Crippen molar-refractivity contribution in [1.29, 1.82) is 0 Å². The summed E-state index contributed by atoms with van der Waals surface area (Å²) in [5.41, 5.74) is 9.54. The lowest BCUT2D eigenvalue weighted by Gasteiger charge is -2.22. The molecule has 0 saturated carbocycles. The highest BCUT2D eigenvalue weighted by molar-refractivity contribution is 5.76. The predicted molar refractivity (Wildman–Crippen MR) is 97.4 cm³/mol. The Morgan fingerprint density at radius 3 is 2.04 bits per heavy atom. The second kappa shape index (κ2) is 7.20. The average Bonchev–Trinajstić information content (AvgIpc) is 2.63. The van der Waals surface area contributed by atoms with Gasteiger partial charge in [-0.3, -0.25) is 4.79 Å². The molecule has 0 aliphatic heterocycles. The van der Waals surface area contributed by atoms with Gasteiger partial charge in [-0.1, -0.05) is 66.7 Å². The Morgan fingerprint density at radius 1 is 0.800 bits per heavy atom. The molecular weight excluding hydrogens is 314 g/mol. The van der Waals surface area contributed by atoms with Crippen molar-refractivity contribution < 1.29 is 15.0 Å². The summed E-state index contributed by atoms with van der Waals surface area (Å²) < 4.78 is 0. The van der Waals surface area contributed by atoms with E-state index < -0.39 is 17.9 Å². The Balaban J connectivity index is 2.00. The Morgan fingerprint density at radius 2 is 1.44 bits per heavy atom. The van der Waals surface area contributed by atoms with Crippen molar-refractivity contribution in [1.82, 2.24) is 0 Å². The number of aliphatic carboxylic acids is 1. The molecule has 0 aliphatic rings. The van der Waals surface area contributed by atoms with E-state index in [-0.39, 0.29) is 5.75 Å². The quantitative estimate of drug-likeness (QED) is 0.666. The molecular formula is C21H19NO3. The SMILES string of the molecule is N[C@H](C(=O)O)[C@H](c1ccc(-c2ccccc2)cc1)c1cccc(O)c1. The van der Waals surface area contributed by atoms with Crippen LogP contribution >= 0.6 is 0 Å². The molecule has 25 heavy (non-hydrogen) atoms. The lowest BCUT2D eigenvalue weighted by molar-refractivity contribution is -0.138. The molecule has 4 N–H and O–H groups in total. The number of carboxylic acids is 1. The lowest BCUT2D eigenvalue weighted by atomic mass is 9.84. The van der Waals surface area contributed by atoms with Crippen LogP contribution in [-0.2, 0) is 4.79 Å². The third-order valence-corrected chi connectivity index (χ3v) is 4.25. The second-order valence-electron chi connectivity index (χ2n) is 5.92. The summed E-state index contributed by atoms with van der Waals surface area (Å²) in [6.07, 6.45) is 0. The van der Waals surface area contributed by atoms with Crippen molar-refractivity contribution >= 4 is 5.97 Å². The van der Waals surface area contributed by atoms with Gasteiger partial charge in [-0.15, -0.1) is 0 Å². The first kappa shape index (κ1) is 16.7. The molecule has 2 atom stereocenters. The molecule has 0 saturated heterocycles. The van der Waals surface area contributed by atoms with Crippen LogP contribution in [0.3, 0.4) is 0 Å². The van der Waals surface area contributed by atoms with Gasteiger partial charge in [0, 0.05) is 5.92 Å². The molecule has 0 radical (unpaired) electrons. The highest BCUT2D eigenvalue weighted by atomic mass is 16.4. The van der Waals surface area contributed by atoms with Crippen molar-refractivity contribution in [3.8, 4) is 16.9 Å². The van der Waals surface area contributed by atoms with E-state index in [2.05, 4.69) is 0 Å². The van der Waals surface area contributed by atoms with Crippen LogP contribution in [0, 0.1) is 0 Å². The zero-order chi connectivity index (χ0) is 17.8. The first-order chi connectivity index (χ1) is 12.1. The van der Waals surface area contributed by atoms with E-state index in [9.17, 15) is 15.0 Å². The van der Waals surface area contributed by atoms with Gasteiger partial charge in [0.1, 0.15) is 11.8 Å². The number of aromatic hydroxyl groups is 1. The first-order valence-electron chi connectivity index (χ1n) is 7.99. The molecule has 0 fully saturated rings. The Kier molecular flexibility index (Phi) is 4.82. The maximum atomic E-state index is 11.5. The van der Waals surface area contributed by atoms with Crippen molar-refractivity contribution in [2.24, 2.45) is 5.73 Å². The largest absolute Gasteiger partial charge is 0.508 e. The van der Waals surface area contributed by atoms with Crippen LogP contribution in [0.1, 0.15) is 17.0 Å². The minimum absolute atomic E-state index is 0.0843. The molecule has 3 aromatic carbocycles. The number of phenols is 1. The third kappa shape index (κ3) is 3.70. The molecule has 0 amide bonds. The van der Waals surface area contributed by atoms with Crippen LogP contribution in [0.25, 0.3) is 11.1 Å². The molecule has 4 heteroatoms. The fourth-order valence-corrected chi connectivity index (χ4v) is 2.98. The van der Waals surface area contributed by atoms with Crippen molar-refractivity contribution in [3.05, 3.63) is 90.0 Å². The molecule has 0 bridgehead atoms. The number of hydrogen-bond acceptors (Lipinski definition) is 3. The normalized spacial score (nSPS) is 13.2. The third-order valence-electron chi connectivity index (χ3n) is 4.25. The maximum absolute atomic E-state index is 11.5. The van der Waals surface area contributed by atoms with E-state index >= 15 is 0 Å². The molecule has 3 aromatic rings. The van der Waals surface area contributed by atoms with Crippen molar-refractivity contribution in [3.63, 3.8) is 0 Å². The van der Waals surface area contributed by atoms with Gasteiger partial charge in [0.2, 0.25) is 0 Å². The van der Waals surface area contributed by atoms with E-state index in [0.717, 1.165) is 16.7 Å². The summed E-state index contributed by atoms with van der Waals surface area (Å²) in [5.74, 6) is -1.55. The lowest BCUT2D eigenvalue weighted by Crippen LogP contribution is -2.37. The van der Waals surface area contributed by atoms with Gasteiger partial charge < -0.3 is 15.9 Å². The van der Waals surface area contributed by atoms with E-state index in [0.29, 0.717) is 5.56 Å². The van der Waals surface area contributed by atoms with Gasteiger partial charge in [0.05, 0.1) is 0 Å². The van der Waals surface area contributed by atoms with Gasteiger partial charge in [0.15, 0.2) is 0 Å². The standard InChI is InChI=1S/C21H19NO3/c22-20(21(24)25)19(17-7-4-8-18(23)13-17)16-11-9-15(10-12-16)14-5-2-1-3-6-14/h1-13,19-20,23H,22H2,(H,24,25)/t19-,20+/m1/s1. The van der Waals surface area contributed by atoms with E-state index in [1.165, 1.54) is 0 Å². The topological polar surface area (TPSA) is 83.6 Å². The summed E-state index contributed by atoms with van der Waals surface area (Å²) in [6.45, 7) is 0. The number of rotatable bonds is 5. The maximum Gasteiger partial charge on any atom is 0.321 e. The van der Waals surface area contributed by atoms with Gasteiger partial charge >= 0.3 is 5.97 Å². The fraction of sp³-hybridized carbons (Fsp3) is 0.0952. The minimum Gasteiger partial charge on any atom is -0.508 e. The number of carboxylic acid groups (broad SMARTS) is 1. The van der Waals surface area contributed by atoms with Gasteiger partial charge in [0.25, 0.3) is 0 Å². The number of benzene rings is 3. The summed E-state index contributed by atoms with van der Waals surface area (Å²) in [6, 6.07) is 23.1. The van der Waals surface area contributed by atoms with Crippen molar-refractivity contribution in [2.75, 3.05) is 0 Å². The molecule has 0 heterocycles. The zero-order valence-corrected chi connectivity index (χ0v) is 13.5. The van der Waals surface area contributed by atoms with E-state index in [4.69, 9.17) is 5.73 Å². The number of phenolic OH excluding ortho intramolecular Hbond substituents is 1. The van der Waals surface area contributed by atoms with Gasteiger partial charge in [-0.05, 0) is 34.4 Å². The van der Waals surface area contributed by atoms with E-state index in [1.807, 2.05) is 54.6 Å². The van der Waals surface area contributed by atoms with Crippen LogP contribution in [0.2, 0.25) is 0 Å². The van der Waals surface area contributed by atoms with Crippen LogP contribution in [0.4, 0.5) is 0 Å². The first-order valence-corrected chi connectivity index (χ1v) is 7.99. The summed E-state index contributed by atoms with van der Waals surface area (Å²) in [4.78, 5) is 11.5. The smallest absolute Gasteiger partial charge is 0.321 e. The highest BCUT2D eigenvalue weighted by Gasteiger charge is 2.27. The van der Waals surface area contributed by atoms with Crippen LogP contribution < -0.4 is 5.73 Å². The minimum atomic E-state index is -1.11. The van der Waals surface area contributed by atoms with Crippen molar-refractivity contribution in [2.45, 2.75) is 12.0 Å². The fourth-order valence-electron chi connectivity index (χ4n) is 2.98. The molecule has 126 valence electrons. The molecule has 3 rings (SSSR count). The second-order valence-corrected chi connectivity index (χ2v) is 5.92. The average molecular weight is 333 g/mol. The van der Waals surface area contributed by atoms with Crippen LogP contribution in [-0.4, -0.2) is 22.2 Å². The number of nitrogens with two attached hydrogens (primary N) is 1. The number of hydrogen-bond donors (Lipinski definition) is 3. The van der Waals surface area contributed by atoms with Crippen LogP contribution in [0.5, 0.6) is 5.75 Å². The molecule has 4 nitrogen and oxygen atoms in total. The Bertz CT molecular complexity index is 860. The monoisotopic (exact) mass is 333 g/mol. The number of carbonyl (C=O) groups is 1. The molecule has 0 aromatic heterocycles.